The van der Waals surface area contributed by atoms with Gasteiger partial charge in [0, 0.05) is 48.9 Å². The molecular formula is C23H18F4N5. The van der Waals surface area contributed by atoms with Gasteiger partial charge in [0.25, 0.3) is 0 Å². The smallest absolute Gasteiger partial charge is 0.194 e. The summed E-state index contributed by atoms with van der Waals surface area (Å²) in [5.74, 6) is -4.50. The Morgan fingerprint density at radius 1 is 1.06 bits per heavy atom. The largest absolute Gasteiger partial charge is 0.363 e. The van der Waals surface area contributed by atoms with Crippen molar-refractivity contribution in [1.29, 1.82) is 0 Å². The Labute approximate surface area is 181 Å². The van der Waals surface area contributed by atoms with Crippen LogP contribution in [0.2, 0.25) is 0 Å². The van der Waals surface area contributed by atoms with Gasteiger partial charge in [0.2, 0.25) is 0 Å². The van der Waals surface area contributed by atoms with Gasteiger partial charge in [-0.3, -0.25) is 4.68 Å². The molecule has 0 N–H and O–H groups in total. The Morgan fingerprint density at radius 3 is 2.50 bits per heavy atom. The van der Waals surface area contributed by atoms with Crippen molar-refractivity contribution >= 4 is 5.69 Å². The summed E-state index contributed by atoms with van der Waals surface area (Å²) in [5, 5.41) is 8.71. The van der Waals surface area contributed by atoms with E-state index in [4.69, 9.17) is 0 Å². The molecule has 9 heteroatoms. The van der Waals surface area contributed by atoms with Crippen molar-refractivity contribution in [3.8, 4) is 16.9 Å². The number of aromatic nitrogens is 4. The maximum Gasteiger partial charge on any atom is 0.194 e. The highest BCUT2D eigenvalue weighted by Gasteiger charge is 2.31. The summed E-state index contributed by atoms with van der Waals surface area (Å²) >= 11 is 0. The van der Waals surface area contributed by atoms with Gasteiger partial charge in [-0.15, -0.1) is 0 Å². The maximum absolute atomic E-state index is 14.4. The maximum atomic E-state index is 14.4. The number of nitrogens with zero attached hydrogens (tertiary/aromatic N) is 5. The van der Waals surface area contributed by atoms with Crippen molar-refractivity contribution in [2.75, 3.05) is 11.4 Å². The topological polar surface area (TPSA) is 38.9 Å². The van der Waals surface area contributed by atoms with Gasteiger partial charge in [-0.1, -0.05) is 0 Å². The van der Waals surface area contributed by atoms with E-state index in [9.17, 15) is 17.6 Å². The lowest BCUT2D eigenvalue weighted by Gasteiger charge is -2.35. The van der Waals surface area contributed by atoms with Crippen LogP contribution in [-0.2, 0) is 13.5 Å². The average Bonchev–Trinajstić information content (AvgIpc) is 3.39. The van der Waals surface area contributed by atoms with Crippen LogP contribution in [0.15, 0.2) is 42.7 Å². The number of halogens is 4. The predicted octanol–water partition coefficient (Wildman–Crippen LogP) is 4.75. The molecule has 0 unspecified atom stereocenters. The highest BCUT2D eigenvalue weighted by atomic mass is 19.2. The molecule has 5 nitrogen and oxygen atoms in total. The number of benzene rings is 2. The first-order chi connectivity index (χ1) is 15.3. The van der Waals surface area contributed by atoms with Crippen molar-refractivity contribution in [1.82, 2.24) is 19.6 Å². The zero-order valence-electron chi connectivity index (χ0n) is 17.3. The van der Waals surface area contributed by atoms with E-state index in [1.165, 1.54) is 10.7 Å². The van der Waals surface area contributed by atoms with Crippen LogP contribution in [0.4, 0.5) is 23.2 Å². The normalized spacial score (nSPS) is 15.8. The number of hydrogen-bond donors (Lipinski definition) is 0. The van der Waals surface area contributed by atoms with E-state index in [1.807, 2.05) is 11.8 Å². The predicted molar refractivity (Wildman–Crippen MR) is 110 cm³/mol. The summed E-state index contributed by atoms with van der Waals surface area (Å²) in [6.07, 6.45) is 3.82. The number of anilines is 1. The fraction of sp³-hybridized carbons (Fsp3) is 0.217. The summed E-state index contributed by atoms with van der Waals surface area (Å²) < 4.78 is 58.6. The van der Waals surface area contributed by atoms with E-state index in [0.29, 0.717) is 35.7 Å². The van der Waals surface area contributed by atoms with Crippen LogP contribution in [0.3, 0.4) is 0 Å². The summed E-state index contributed by atoms with van der Waals surface area (Å²) in [7, 11) is 1.68. The molecule has 0 aliphatic carbocycles. The quantitative estimate of drug-likeness (QED) is 0.341. The summed E-state index contributed by atoms with van der Waals surface area (Å²) in [5.41, 5.74) is 3.43. The molecular weight excluding hydrogens is 422 g/mol. The first kappa shape index (κ1) is 20.3. The fourth-order valence-corrected chi connectivity index (χ4v) is 4.36. The summed E-state index contributed by atoms with van der Waals surface area (Å²) in [6.45, 7) is 2.46. The lowest BCUT2D eigenvalue weighted by atomic mass is 9.95. The van der Waals surface area contributed by atoms with Gasteiger partial charge in [-0.05, 0) is 43.7 Å². The Hall–Kier alpha value is -3.62. The third-order valence-electron chi connectivity index (χ3n) is 5.79. The minimum Gasteiger partial charge on any atom is -0.363 e. The van der Waals surface area contributed by atoms with Crippen LogP contribution in [0, 0.1) is 29.3 Å². The van der Waals surface area contributed by atoms with Crippen LogP contribution in [0.5, 0.6) is 0 Å². The van der Waals surface area contributed by atoms with E-state index in [1.54, 1.807) is 36.3 Å². The van der Waals surface area contributed by atoms with Crippen LogP contribution in [-0.4, -0.2) is 26.1 Å². The zero-order chi connectivity index (χ0) is 22.6. The second-order valence-electron chi connectivity index (χ2n) is 7.73. The Kier molecular flexibility index (Phi) is 4.76. The molecule has 32 heavy (non-hydrogen) atoms. The van der Waals surface area contributed by atoms with E-state index in [-0.39, 0.29) is 11.6 Å². The molecule has 2 aromatic carbocycles. The second-order valence-corrected chi connectivity index (χ2v) is 7.73. The second kappa shape index (κ2) is 7.51. The number of rotatable bonds is 3. The lowest BCUT2D eigenvalue weighted by Crippen LogP contribution is -2.34. The molecule has 0 saturated heterocycles. The van der Waals surface area contributed by atoms with Gasteiger partial charge in [-0.2, -0.15) is 10.2 Å². The number of fused-ring (bicyclic) bond motifs is 1. The lowest BCUT2D eigenvalue weighted by molar-refractivity contribution is 0.447. The van der Waals surface area contributed by atoms with E-state index in [0.717, 1.165) is 17.7 Å². The molecule has 0 saturated carbocycles. The Morgan fingerprint density at radius 2 is 1.81 bits per heavy atom. The number of hydrogen-bond acceptors (Lipinski definition) is 3. The van der Waals surface area contributed by atoms with Gasteiger partial charge in [0.05, 0.1) is 23.1 Å². The highest BCUT2D eigenvalue weighted by molar-refractivity contribution is 5.67. The monoisotopic (exact) mass is 440 g/mol. The van der Waals surface area contributed by atoms with Gasteiger partial charge < -0.3 is 4.90 Å². The van der Waals surface area contributed by atoms with Crippen LogP contribution in [0.25, 0.3) is 16.9 Å². The van der Waals surface area contributed by atoms with E-state index < -0.39 is 23.3 Å². The van der Waals surface area contributed by atoms with E-state index >= 15 is 0 Å². The van der Waals surface area contributed by atoms with Gasteiger partial charge in [0.1, 0.15) is 5.82 Å². The zero-order valence-corrected chi connectivity index (χ0v) is 17.3. The molecule has 1 aliphatic heterocycles. The SMILES string of the molecule is C[C@H]1c2nn(C)c(-c3cc(F)c(F)c(F)c3)c2CCN1c1cc(F)[c]c(-n2cccn2)c1. The molecule has 0 fully saturated rings. The van der Waals surface area contributed by atoms with Crippen molar-refractivity contribution in [2.24, 2.45) is 7.05 Å². The van der Waals surface area contributed by atoms with Gasteiger partial charge in [-0.25, -0.2) is 22.2 Å². The molecule has 1 atom stereocenters. The molecule has 3 heterocycles. The highest BCUT2D eigenvalue weighted by Crippen LogP contribution is 2.38. The van der Waals surface area contributed by atoms with Crippen LogP contribution >= 0.6 is 0 Å². The molecule has 1 radical (unpaired) electrons. The van der Waals surface area contributed by atoms with E-state index in [2.05, 4.69) is 16.3 Å². The minimum atomic E-state index is -1.50. The molecule has 0 bridgehead atoms. The standard InChI is InChI=1S/C23H18F4N5/c1-13-22-18(23(30(2)29-22)14-8-19(25)21(27)20(26)9-14)4-7-31(13)16-10-15(24)11-17(12-16)32-6-3-5-28-32/h3,5-6,8-10,12-13H,4,7H2,1-2H3/t13-/m0/s1. The summed E-state index contributed by atoms with van der Waals surface area (Å²) in [6, 6.07) is 9.32. The third-order valence-corrected chi connectivity index (χ3v) is 5.79. The molecule has 0 spiro atoms. The van der Waals surface area contributed by atoms with Gasteiger partial charge in [0.15, 0.2) is 17.5 Å². The average molecular weight is 440 g/mol. The molecule has 163 valence electrons. The molecule has 2 aromatic heterocycles. The Bertz CT molecular complexity index is 1290. The fourth-order valence-electron chi connectivity index (χ4n) is 4.36. The molecule has 4 aromatic rings. The summed E-state index contributed by atoms with van der Waals surface area (Å²) in [4.78, 5) is 2.01. The van der Waals surface area contributed by atoms with Crippen molar-refractivity contribution in [3.63, 3.8) is 0 Å². The third kappa shape index (κ3) is 3.24. The molecule has 5 rings (SSSR count). The Balaban J connectivity index is 1.55. The minimum absolute atomic E-state index is 0.222. The van der Waals surface area contributed by atoms with Crippen molar-refractivity contribution in [2.45, 2.75) is 19.4 Å². The van der Waals surface area contributed by atoms with Crippen molar-refractivity contribution < 1.29 is 17.6 Å². The molecule has 0 amide bonds. The van der Waals surface area contributed by atoms with Crippen LogP contribution in [0.1, 0.15) is 24.2 Å². The first-order valence-corrected chi connectivity index (χ1v) is 10.0. The number of aryl methyl sites for hydroxylation is 1. The van der Waals surface area contributed by atoms with Crippen molar-refractivity contribution in [3.05, 3.63) is 83.3 Å². The van der Waals surface area contributed by atoms with Crippen LogP contribution < -0.4 is 4.90 Å². The van der Waals surface area contributed by atoms with Gasteiger partial charge >= 0.3 is 0 Å². The first-order valence-electron chi connectivity index (χ1n) is 10.0. The molecule has 1 aliphatic rings.